The molecular weight excluding hydrogens is 378 g/mol. The van der Waals surface area contributed by atoms with Gasteiger partial charge < -0.3 is 10.6 Å². The number of benzene rings is 1. The number of aromatic nitrogens is 2. The molecule has 0 aliphatic carbocycles. The number of thiazole rings is 1. The van der Waals surface area contributed by atoms with Crippen molar-refractivity contribution in [3.63, 3.8) is 0 Å². The van der Waals surface area contributed by atoms with Crippen LogP contribution in [-0.4, -0.2) is 39.2 Å². The lowest BCUT2D eigenvalue weighted by Crippen LogP contribution is -2.33. The van der Waals surface area contributed by atoms with Gasteiger partial charge in [0.05, 0.1) is 12.2 Å². The van der Waals surface area contributed by atoms with Crippen molar-refractivity contribution in [2.75, 3.05) is 23.7 Å². The standard InChI is InChI=1S/C19H21N5O3S/c1-3-23(11-16-10-18(27)24-8-9-28-19(24)22-16)12-17(26)21-15-6-4-14(5-7-15)20-13(2)25/h4-10H,3,11-12H2,1-2H3,(H,20,25)(H,21,26). The molecule has 28 heavy (non-hydrogen) atoms. The minimum Gasteiger partial charge on any atom is -0.326 e. The van der Waals surface area contributed by atoms with Gasteiger partial charge in [-0.1, -0.05) is 6.92 Å². The molecule has 146 valence electrons. The first-order valence-corrected chi connectivity index (χ1v) is 9.68. The molecule has 0 spiro atoms. The molecule has 2 aromatic heterocycles. The highest BCUT2D eigenvalue weighted by Gasteiger charge is 2.12. The van der Waals surface area contributed by atoms with Crippen molar-refractivity contribution in [2.24, 2.45) is 0 Å². The Labute approximate surface area is 165 Å². The Hall–Kier alpha value is -3.04. The molecule has 0 radical (unpaired) electrons. The van der Waals surface area contributed by atoms with Gasteiger partial charge in [0.2, 0.25) is 11.8 Å². The Morgan fingerprint density at radius 2 is 1.86 bits per heavy atom. The van der Waals surface area contributed by atoms with E-state index in [0.29, 0.717) is 35.1 Å². The van der Waals surface area contributed by atoms with Crippen molar-refractivity contribution >= 4 is 39.5 Å². The summed E-state index contributed by atoms with van der Waals surface area (Å²) in [4.78, 5) is 42.5. The summed E-state index contributed by atoms with van der Waals surface area (Å²) in [6.45, 7) is 4.62. The number of rotatable bonds is 7. The van der Waals surface area contributed by atoms with Crippen molar-refractivity contribution < 1.29 is 9.59 Å². The minimum atomic E-state index is -0.164. The zero-order valence-electron chi connectivity index (χ0n) is 15.6. The molecule has 2 heterocycles. The van der Waals surface area contributed by atoms with Gasteiger partial charge in [-0.25, -0.2) is 4.98 Å². The second kappa shape index (κ2) is 8.77. The molecule has 2 N–H and O–H groups in total. The van der Waals surface area contributed by atoms with Crippen LogP contribution in [0.1, 0.15) is 19.5 Å². The number of nitrogens with zero attached hydrogens (tertiary/aromatic N) is 3. The maximum Gasteiger partial charge on any atom is 0.258 e. The average molecular weight is 399 g/mol. The molecule has 0 fully saturated rings. The van der Waals surface area contributed by atoms with E-state index in [4.69, 9.17) is 0 Å². The van der Waals surface area contributed by atoms with Crippen LogP contribution in [0.15, 0.2) is 46.7 Å². The molecule has 0 unspecified atom stereocenters. The van der Waals surface area contributed by atoms with Gasteiger partial charge in [0.15, 0.2) is 4.96 Å². The first kappa shape index (κ1) is 19.7. The van der Waals surface area contributed by atoms with Crippen LogP contribution in [0.5, 0.6) is 0 Å². The molecule has 1 aromatic carbocycles. The molecule has 0 bridgehead atoms. The fraction of sp³-hybridized carbons (Fsp3) is 0.263. The largest absolute Gasteiger partial charge is 0.326 e. The molecule has 0 saturated carbocycles. The van der Waals surface area contributed by atoms with E-state index < -0.39 is 0 Å². The lowest BCUT2D eigenvalue weighted by Gasteiger charge is -2.19. The predicted molar refractivity (Wildman–Crippen MR) is 110 cm³/mol. The number of hydrogen-bond donors (Lipinski definition) is 2. The third kappa shape index (κ3) is 5.02. The van der Waals surface area contributed by atoms with Crippen molar-refractivity contribution in [1.29, 1.82) is 0 Å². The number of carbonyl (C=O) groups is 2. The van der Waals surface area contributed by atoms with Crippen LogP contribution < -0.4 is 16.2 Å². The quantitative estimate of drug-likeness (QED) is 0.635. The second-order valence-corrected chi connectivity index (χ2v) is 7.12. The summed E-state index contributed by atoms with van der Waals surface area (Å²) in [6, 6.07) is 8.41. The third-order valence-electron chi connectivity index (χ3n) is 4.05. The Balaban J connectivity index is 1.61. The van der Waals surface area contributed by atoms with Crippen LogP contribution in [0.2, 0.25) is 0 Å². The van der Waals surface area contributed by atoms with Gasteiger partial charge in [-0.05, 0) is 30.8 Å². The molecule has 9 heteroatoms. The van der Waals surface area contributed by atoms with Gasteiger partial charge >= 0.3 is 0 Å². The summed E-state index contributed by atoms with van der Waals surface area (Å²) in [5.41, 5.74) is 1.83. The van der Waals surface area contributed by atoms with Crippen molar-refractivity contribution in [1.82, 2.24) is 14.3 Å². The van der Waals surface area contributed by atoms with Crippen LogP contribution in [-0.2, 0) is 16.1 Å². The van der Waals surface area contributed by atoms with E-state index >= 15 is 0 Å². The highest BCUT2D eigenvalue weighted by Crippen LogP contribution is 2.14. The van der Waals surface area contributed by atoms with Gasteiger partial charge in [-0.15, -0.1) is 11.3 Å². The lowest BCUT2D eigenvalue weighted by atomic mass is 10.2. The Kier molecular flexibility index (Phi) is 6.17. The van der Waals surface area contributed by atoms with E-state index in [2.05, 4.69) is 15.6 Å². The molecule has 8 nitrogen and oxygen atoms in total. The SMILES string of the molecule is CCN(CC(=O)Nc1ccc(NC(C)=O)cc1)Cc1cc(=O)n2ccsc2n1. The molecule has 0 saturated heterocycles. The summed E-state index contributed by atoms with van der Waals surface area (Å²) in [7, 11) is 0. The number of hydrogen-bond acceptors (Lipinski definition) is 6. The van der Waals surface area contributed by atoms with E-state index in [-0.39, 0.29) is 23.9 Å². The van der Waals surface area contributed by atoms with Crippen LogP contribution in [0.3, 0.4) is 0 Å². The molecule has 2 amide bonds. The van der Waals surface area contributed by atoms with Crippen LogP contribution in [0.25, 0.3) is 4.96 Å². The Bertz CT molecular complexity index is 1040. The number of amides is 2. The fourth-order valence-corrected chi connectivity index (χ4v) is 3.46. The van der Waals surface area contributed by atoms with Gasteiger partial charge in [0, 0.05) is 42.5 Å². The van der Waals surface area contributed by atoms with Crippen LogP contribution >= 0.6 is 11.3 Å². The zero-order chi connectivity index (χ0) is 20.1. The van der Waals surface area contributed by atoms with E-state index in [0.717, 1.165) is 0 Å². The monoisotopic (exact) mass is 399 g/mol. The molecule has 0 aliphatic rings. The number of fused-ring (bicyclic) bond motifs is 1. The van der Waals surface area contributed by atoms with Crippen LogP contribution in [0, 0.1) is 0 Å². The van der Waals surface area contributed by atoms with Crippen molar-refractivity contribution in [3.8, 4) is 0 Å². The third-order valence-corrected chi connectivity index (χ3v) is 4.80. The van der Waals surface area contributed by atoms with Crippen molar-refractivity contribution in [3.05, 3.63) is 58.0 Å². The summed E-state index contributed by atoms with van der Waals surface area (Å²) in [6.07, 6.45) is 1.70. The maximum absolute atomic E-state index is 12.4. The number of anilines is 2. The summed E-state index contributed by atoms with van der Waals surface area (Å²) in [5.74, 6) is -0.313. The molecule has 0 atom stereocenters. The first-order valence-electron chi connectivity index (χ1n) is 8.80. The summed E-state index contributed by atoms with van der Waals surface area (Å²) < 4.78 is 1.50. The first-order chi connectivity index (χ1) is 13.4. The van der Waals surface area contributed by atoms with Gasteiger partial charge in [-0.3, -0.25) is 23.7 Å². The summed E-state index contributed by atoms with van der Waals surface area (Å²) in [5, 5.41) is 7.32. The van der Waals surface area contributed by atoms with Gasteiger partial charge in [0.1, 0.15) is 0 Å². The molecule has 3 rings (SSSR count). The number of likely N-dealkylation sites (N-methyl/N-ethyl adjacent to an activating group) is 1. The Morgan fingerprint density at radius 3 is 2.50 bits per heavy atom. The van der Waals surface area contributed by atoms with E-state index in [1.165, 1.54) is 28.7 Å². The fourth-order valence-electron chi connectivity index (χ4n) is 2.72. The van der Waals surface area contributed by atoms with Crippen LogP contribution in [0.4, 0.5) is 11.4 Å². The number of carbonyl (C=O) groups excluding carboxylic acids is 2. The minimum absolute atomic E-state index is 0.124. The second-order valence-electron chi connectivity index (χ2n) is 6.25. The zero-order valence-corrected chi connectivity index (χ0v) is 16.5. The molecule has 0 aliphatic heterocycles. The Morgan fingerprint density at radius 1 is 1.18 bits per heavy atom. The average Bonchev–Trinajstić information content (AvgIpc) is 3.11. The molecule has 3 aromatic rings. The van der Waals surface area contributed by atoms with Crippen molar-refractivity contribution in [2.45, 2.75) is 20.4 Å². The number of nitrogens with one attached hydrogen (secondary N) is 2. The molecular formula is C19H21N5O3S. The topological polar surface area (TPSA) is 95.8 Å². The van der Waals surface area contributed by atoms with E-state index in [9.17, 15) is 14.4 Å². The normalized spacial score (nSPS) is 11.0. The van der Waals surface area contributed by atoms with Gasteiger partial charge in [-0.2, -0.15) is 0 Å². The maximum atomic E-state index is 12.4. The van der Waals surface area contributed by atoms with E-state index in [1.807, 2.05) is 17.2 Å². The predicted octanol–water partition coefficient (Wildman–Crippen LogP) is 2.17. The summed E-state index contributed by atoms with van der Waals surface area (Å²) >= 11 is 1.40. The smallest absolute Gasteiger partial charge is 0.258 e. The van der Waals surface area contributed by atoms with Gasteiger partial charge in [0.25, 0.3) is 5.56 Å². The highest BCUT2D eigenvalue weighted by atomic mass is 32.1. The lowest BCUT2D eigenvalue weighted by molar-refractivity contribution is -0.117. The van der Waals surface area contributed by atoms with E-state index in [1.54, 1.807) is 30.5 Å². The highest BCUT2D eigenvalue weighted by molar-refractivity contribution is 7.15.